The molecule has 0 atom stereocenters. The molecule has 2 rings (SSSR count). The molecule has 90 valence electrons. The van der Waals surface area contributed by atoms with Crippen molar-refractivity contribution in [2.45, 2.75) is 11.8 Å². The molecule has 0 aromatic heterocycles. The zero-order valence-electron chi connectivity index (χ0n) is 9.45. The van der Waals surface area contributed by atoms with Crippen molar-refractivity contribution < 1.29 is 23.5 Å². The van der Waals surface area contributed by atoms with E-state index in [4.69, 9.17) is 0 Å². The van der Waals surface area contributed by atoms with E-state index in [2.05, 4.69) is 9.47 Å². The number of rotatable bonds is 2. The van der Waals surface area contributed by atoms with Crippen molar-refractivity contribution in [2.75, 3.05) is 14.2 Å². The summed E-state index contributed by atoms with van der Waals surface area (Å²) in [5.74, 6) is -1.94. The minimum atomic E-state index is -1.50. The Hall–Kier alpha value is -1.91. The number of halogens is 1. The lowest BCUT2D eigenvalue weighted by Gasteiger charge is -2.38. The molecule has 5 heteroatoms. The van der Waals surface area contributed by atoms with Gasteiger partial charge in [-0.1, -0.05) is 6.07 Å². The van der Waals surface area contributed by atoms with Gasteiger partial charge < -0.3 is 9.47 Å². The van der Waals surface area contributed by atoms with Gasteiger partial charge in [0, 0.05) is 6.42 Å². The number of esters is 2. The van der Waals surface area contributed by atoms with Crippen LogP contribution in [0, 0.1) is 5.82 Å². The fraction of sp³-hybridized carbons (Fsp3) is 0.333. The van der Waals surface area contributed by atoms with Crippen molar-refractivity contribution in [1.82, 2.24) is 0 Å². The van der Waals surface area contributed by atoms with Gasteiger partial charge >= 0.3 is 11.9 Å². The highest BCUT2D eigenvalue weighted by Gasteiger charge is 2.57. The molecule has 0 unspecified atom stereocenters. The molecule has 0 heterocycles. The largest absolute Gasteiger partial charge is 0.468 e. The summed E-state index contributed by atoms with van der Waals surface area (Å²) < 4.78 is 22.4. The molecule has 1 aromatic rings. The van der Waals surface area contributed by atoms with Crippen LogP contribution in [0.2, 0.25) is 0 Å². The first-order valence-corrected chi connectivity index (χ1v) is 5.02. The summed E-state index contributed by atoms with van der Waals surface area (Å²) in [7, 11) is 2.37. The molecule has 0 spiro atoms. The van der Waals surface area contributed by atoms with Crippen molar-refractivity contribution >= 4 is 11.9 Å². The minimum Gasteiger partial charge on any atom is -0.468 e. The summed E-state index contributed by atoms with van der Waals surface area (Å²) in [6, 6.07) is 4.01. The number of carbonyl (C=O) groups is 2. The summed E-state index contributed by atoms with van der Waals surface area (Å²) in [5, 5.41) is 0. The van der Waals surface area contributed by atoms with Crippen LogP contribution in [0.1, 0.15) is 11.1 Å². The van der Waals surface area contributed by atoms with E-state index in [0.29, 0.717) is 5.56 Å². The summed E-state index contributed by atoms with van der Waals surface area (Å²) in [5.41, 5.74) is -0.417. The zero-order chi connectivity index (χ0) is 12.6. The van der Waals surface area contributed by atoms with Gasteiger partial charge in [-0.3, -0.25) is 9.59 Å². The highest BCUT2D eigenvalue weighted by molar-refractivity contribution is 6.09. The van der Waals surface area contributed by atoms with E-state index in [9.17, 15) is 14.0 Å². The second kappa shape index (κ2) is 3.84. The first-order valence-electron chi connectivity index (χ1n) is 5.02. The predicted octanol–water partition coefficient (Wildman–Crippen LogP) is 0.966. The van der Waals surface area contributed by atoms with Gasteiger partial charge in [0.25, 0.3) is 0 Å². The van der Waals surface area contributed by atoms with E-state index < -0.39 is 23.2 Å². The second-order valence-corrected chi connectivity index (χ2v) is 3.87. The van der Waals surface area contributed by atoms with Crippen molar-refractivity contribution in [3.63, 3.8) is 0 Å². The van der Waals surface area contributed by atoms with Crippen LogP contribution in [0.15, 0.2) is 18.2 Å². The Morgan fingerprint density at radius 1 is 1.24 bits per heavy atom. The summed E-state index contributed by atoms with van der Waals surface area (Å²) >= 11 is 0. The number of carbonyl (C=O) groups excluding carboxylic acids is 2. The Labute approximate surface area is 97.3 Å². The fourth-order valence-corrected chi connectivity index (χ4v) is 2.17. The highest BCUT2D eigenvalue weighted by atomic mass is 19.1. The monoisotopic (exact) mass is 238 g/mol. The molecule has 0 amide bonds. The lowest BCUT2D eigenvalue weighted by atomic mass is 9.64. The molecule has 4 nitrogen and oxygen atoms in total. The third kappa shape index (κ3) is 1.42. The lowest BCUT2D eigenvalue weighted by molar-refractivity contribution is -0.163. The maximum atomic E-state index is 13.2. The second-order valence-electron chi connectivity index (χ2n) is 3.87. The minimum absolute atomic E-state index is 0.182. The predicted molar refractivity (Wildman–Crippen MR) is 55.8 cm³/mol. The maximum absolute atomic E-state index is 13.2. The van der Waals surface area contributed by atoms with Gasteiger partial charge in [-0.05, 0) is 23.3 Å². The number of hydrogen-bond donors (Lipinski definition) is 0. The first-order chi connectivity index (χ1) is 8.06. The van der Waals surface area contributed by atoms with Crippen molar-refractivity contribution in [3.8, 4) is 0 Å². The van der Waals surface area contributed by atoms with Crippen LogP contribution in [0.3, 0.4) is 0 Å². The van der Waals surface area contributed by atoms with Gasteiger partial charge in [-0.2, -0.15) is 0 Å². The molecule has 0 aliphatic heterocycles. The molecular weight excluding hydrogens is 227 g/mol. The van der Waals surface area contributed by atoms with Gasteiger partial charge in [0.1, 0.15) is 5.82 Å². The zero-order valence-corrected chi connectivity index (χ0v) is 9.45. The van der Waals surface area contributed by atoms with Crippen LogP contribution in [0.5, 0.6) is 0 Å². The third-order valence-electron chi connectivity index (χ3n) is 3.06. The van der Waals surface area contributed by atoms with E-state index in [1.54, 1.807) is 6.07 Å². The fourth-order valence-electron chi connectivity index (χ4n) is 2.17. The van der Waals surface area contributed by atoms with Crippen LogP contribution in [-0.2, 0) is 30.9 Å². The van der Waals surface area contributed by atoms with Crippen molar-refractivity contribution in [2.24, 2.45) is 0 Å². The molecule has 0 saturated heterocycles. The standard InChI is InChI=1S/C12H11FO4/c1-16-10(14)12(11(15)17-2)6-7-3-4-8(13)5-9(7)12/h3-5H,6H2,1-2H3. The third-order valence-corrected chi connectivity index (χ3v) is 3.06. The molecule has 1 aliphatic rings. The molecule has 0 radical (unpaired) electrons. The van der Waals surface area contributed by atoms with E-state index >= 15 is 0 Å². The average Bonchev–Trinajstić information content (AvgIpc) is 2.32. The van der Waals surface area contributed by atoms with E-state index in [1.165, 1.54) is 26.4 Å². The number of hydrogen-bond acceptors (Lipinski definition) is 4. The Morgan fingerprint density at radius 3 is 2.35 bits per heavy atom. The number of fused-ring (bicyclic) bond motifs is 1. The van der Waals surface area contributed by atoms with Gasteiger partial charge in [0.15, 0.2) is 5.41 Å². The average molecular weight is 238 g/mol. The number of ether oxygens (including phenoxy) is 2. The smallest absolute Gasteiger partial charge is 0.328 e. The van der Waals surface area contributed by atoms with Crippen LogP contribution >= 0.6 is 0 Å². The Kier molecular flexibility index (Phi) is 2.61. The van der Waals surface area contributed by atoms with Gasteiger partial charge in [0.05, 0.1) is 14.2 Å². The molecule has 0 fully saturated rings. The topological polar surface area (TPSA) is 52.6 Å². The normalized spacial score (nSPS) is 15.5. The number of benzene rings is 1. The summed E-state index contributed by atoms with van der Waals surface area (Å²) in [6.45, 7) is 0. The van der Waals surface area contributed by atoms with Crippen LogP contribution in [-0.4, -0.2) is 26.2 Å². The Bertz CT molecular complexity index is 479. The van der Waals surface area contributed by atoms with Crippen molar-refractivity contribution in [1.29, 1.82) is 0 Å². The van der Waals surface area contributed by atoms with Gasteiger partial charge in [-0.25, -0.2) is 4.39 Å². The lowest BCUT2D eigenvalue weighted by Crippen LogP contribution is -2.53. The molecular formula is C12H11FO4. The summed E-state index contributed by atoms with van der Waals surface area (Å²) in [4.78, 5) is 23.5. The molecule has 0 N–H and O–H groups in total. The first kappa shape index (κ1) is 11.6. The van der Waals surface area contributed by atoms with E-state index in [0.717, 1.165) is 5.56 Å². The van der Waals surface area contributed by atoms with E-state index in [-0.39, 0.29) is 6.42 Å². The molecule has 0 bridgehead atoms. The maximum Gasteiger partial charge on any atom is 0.328 e. The van der Waals surface area contributed by atoms with Crippen LogP contribution in [0.25, 0.3) is 0 Å². The Morgan fingerprint density at radius 2 is 1.82 bits per heavy atom. The van der Waals surface area contributed by atoms with Crippen molar-refractivity contribution in [3.05, 3.63) is 35.1 Å². The Balaban J connectivity index is 2.54. The van der Waals surface area contributed by atoms with E-state index in [1.807, 2.05) is 0 Å². The SMILES string of the molecule is COC(=O)C1(C(=O)OC)Cc2ccc(F)cc21. The summed E-state index contributed by atoms with van der Waals surface area (Å²) in [6.07, 6.45) is 0.182. The van der Waals surface area contributed by atoms with Crippen LogP contribution < -0.4 is 0 Å². The number of methoxy groups -OCH3 is 2. The quantitative estimate of drug-likeness (QED) is 0.569. The van der Waals surface area contributed by atoms with Gasteiger partial charge in [-0.15, -0.1) is 0 Å². The highest BCUT2D eigenvalue weighted by Crippen LogP contribution is 2.43. The van der Waals surface area contributed by atoms with Gasteiger partial charge in [0.2, 0.25) is 0 Å². The molecule has 1 aliphatic carbocycles. The molecule has 1 aromatic carbocycles. The molecule has 0 saturated carbocycles. The van der Waals surface area contributed by atoms with Crippen LogP contribution in [0.4, 0.5) is 4.39 Å². The molecule has 17 heavy (non-hydrogen) atoms.